The zero-order valence-corrected chi connectivity index (χ0v) is 12.5. The maximum absolute atomic E-state index is 12.0. The predicted octanol–water partition coefficient (Wildman–Crippen LogP) is 1.84. The van der Waals surface area contributed by atoms with E-state index in [2.05, 4.69) is 10.5 Å². The Bertz CT molecular complexity index is 504. The number of nitrogens with one attached hydrogen (secondary N) is 1. The predicted molar refractivity (Wildman–Crippen MR) is 75.8 cm³/mol. The first-order valence-corrected chi connectivity index (χ1v) is 7.41. The zero-order chi connectivity index (χ0) is 15.4. The zero-order valence-electron chi connectivity index (χ0n) is 12.5. The number of hydrogen-bond acceptors (Lipinski definition) is 4. The third kappa shape index (κ3) is 3.83. The second-order valence-corrected chi connectivity index (χ2v) is 5.74. The summed E-state index contributed by atoms with van der Waals surface area (Å²) in [5.41, 5.74) is 2.01. The van der Waals surface area contributed by atoms with E-state index < -0.39 is 5.97 Å². The molecule has 1 aromatic heterocycles. The molecule has 0 saturated heterocycles. The number of rotatable bonds is 6. The molecule has 0 unspecified atom stereocenters. The Labute approximate surface area is 123 Å². The van der Waals surface area contributed by atoms with Gasteiger partial charge in [0.2, 0.25) is 5.91 Å². The van der Waals surface area contributed by atoms with Gasteiger partial charge in [-0.05, 0) is 46.0 Å². The van der Waals surface area contributed by atoms with Crippen LogP contribution in [0.15, 0.2) is 4.52 Å². The summed E-state index contributed by atoms with van der Waals surface area (Å²) in [4.78, 5) is 22.9. The highest BCUT2D eigenvalue weighted by molar-refractivity contribution is 5.80. The summed E-state index contributed by atoms with van der Waals surface area (Å²) >= 11 is 0. The summed E-state index contributed by atoms with van der Waals surface area (Å²) in [5.74, 6) is -0.478. The van der Waals surface area contributed by atoms with E-state index in [4.69, 9.17) is 9.63 Å². The van der Waals surface area contributed by atoms with Gasteiger partial charge in [0.05, 0.1) is 11.6 Å². The molecule has 0 spiro atoms. The quantitative estimate of drug-likeness (QED) is 0.781. The van der Waals surface area contributed by atoms with E-state index in [1.54, 1.807) is 0 Å². The van der Waals surface area contributed by atoms with Gasteiger partial charge in [0, 0.05) is 18.0 Å². The van der Waals surface area contributed by atoms with Crippen LogP contribution < -0.4 is 5.32 Å². The molecule has 2 N–H and O–H groups in total. The lowest BCUT2D eigenvalue weighted by Gasteiger charge is -2.10. The molecule has 1 aliphatic rings. The lowest BCUT2D eigenvalue weighted by Crippen LogP contribution is -2.30. The molecule has 6 heteroatoms. The van der Waals surface area contributed by atoms with Gasteiger partial charge in [0.15, 0.2) is 0 Å². The maximum atomic E-state index is 12.0. The van der Waals surface area contributed by atoms with E-state index in [1.165, 1.54) is 0 Å². The summed E-state index contributed by atoms with van der Waals surface area (Å²) in [6.45, 7) is 4.39. The van der Waals surface area contributed by atoms with Crippen molar-refractivity contribution in [1.82, 2.24) is 10.5 Å². The highest BCUT2D eigenvalue weighted by Crippen LogP contribution is 2.31. The third-order valence-electron chi connectivity index (χ3n) is 4.24. The highest BCUT2D eigenvalue weighted by atomic mass is 16.5. The number of carbonyl (C=O) groups is 2. The van der Waals surface area contributed by atoms with Crippen LogP contribution in [0.4, 0.5) is 0 Å². The number of carboxylic acids is 1. The third-order valence-corrected chi connectivity index (χ3v) is 4.24. The molecule has 0 aliphatic heterocycles. The Hall–Kier alpha value is -1.85. The largest absolute Gasteiger partial charge is 0.481 e. The van der Waals surface area contributed by atoms with Crippen LogP contribution in [0.2, 0.25) is 0 Å². The number of carboxylic acid groups (broad SMARTS) is 1. The van der Waals surface area contributed by atoms with Gasteiger partial charge in [-0.2, -0.15) is 0 Å². The second kappa shape index (κ2) is 6.74. The molecule has 0 aromatic carbocycles. The van der Waals surface area contributed by atoms with Crippen molar-refractivity contribution in [2.75, 3.05) is 6.54 Å². The van der Waals surface area contributed by atoms with Crippen molar-refractivity contribution in [3.63, 3.8) is 0 Å². The summed E-state index contributed by atoms with van der Waals surface area (Å²) in [6.07, 6.45) is 3.39. The van der Waals surface area contributed by atoms with Crippen molar-refractivity contribution >= 4 is 11.9 Å². The molecular formula is C15H22N2O4. The smallest absolute Gasteiger partial charge is 0.306 e. The minimum atomic E-state index is -0.788. The van der Waals surface area contributed by atoms with E-state index in [-0.39, 0.29) is 17.7 Å². The SMILES string of the molecule is Cc1noc(C)c1CCCNC(=O)[C@H]1CC[C@@H](C(=O)O)C1. The van der Waals surface area contributed by atoms with Crippen LogP contribution in [-0.4, -0.2) is 28.7 Å². The molecule has 1 fully saturated rings. The number of aromatic nitrogens is 1. The van der Waals surface area contributed by atoms with Gasteiger partial charge in [0.1, 0.15) is 5.76 Å². The van der Waals surface area contributed by atoms with E-state index in [1.807, 2.05) is 13.8 Å². The molecule has 1 heterocycles. The first-order chi connectivity index (χ1) is 9.99. The number of aliphatic carboxylic acids is 1. The van der Waals surface area contributed by atoms with Crippen LogP contribution in [0.3, 0.4) is 0 Å². The van der Waals surface area contributed by atoms with Gasteiger partial charge >= 0.3 is 5.97 Å². The van der Waals surface area contributed by atoms with Crippen LogP contribution in [-0.2, 0) is 16.0 Å². The fourth-order valence-corrected chi connectivity index (χ4v) is 2.92. The van der Waals surface area contributed by atoms with E-state index >= 15 is 0 Å². The molecule has 21 heavy (non-hydrogen) atoms. The average molecular weight is 294 g/mol. The van der Waals surface area contributed by atoms with Crippen LogP contribution in [0, 0.1) is 25.7 Å². The summed E-state index contributed by atoms with van der Waals surface area (Å²) in [5, 5.41) is 15.7. The number of aryl methyl sites for hydroxylation is 2. The Morgan fingerprint density at radius 1 is 1.33 bits per heavy atom. The van der Waals surface area contributed by atoms with Crippen molar-refractivity contribution in [1.29, 1.82) is 0 Å². The molecule has 1 amide bonds. The number of hydrogen-bond donors (Lipinski definition) is 2. The molecule has 1 aromatic rings. The van der Waals surface area contributed by atoms with Gasteiger partial charge in [-0.25, -0.2) is 0 Å². The summed E-state index contributed by atoms with van der Waals surface area (Å²) in [6, 6.07) is 0. The van der Waals surface area contributed by atoms with E-state index in [0.717, 1.165) is 29.9 Å². The molecule has 6 nitrogen and oxygen atoms in total. The molecule has 2 rings (SSSR count). The number of amides is 1. The van der Waals surface area contributed by atoms with Crippen molar-refractivity contribution in [2.45, 2.75) is 46.0 Å². The molecule has 1 aliphatic carbocycles. The Morgan fingerprint density at radius 3 is 2.62 bits per heavy atom. The average Bonchev–Trinajstić information content (AvgIpc) is 3.04. The van der Waals surface area contributed by atoms with Crippen LogP contribution in [0.5, 0.6) is 0 Å². The van der Waals surface area contributed by atoms with Crippen molar-refractivity contribution in [2.24, 2.45) is 11.8 Å². The first kappa shape index (κ1) is 15.5. The van der Waals surface area contributed by atoms with Gasteiger partial charge in [-0.1, -0.05) is 5.16 Å². The van der Waals surface area contributed by atoms with E-state index in [0.29, 0.717) is 25.8 Å². The first-order valence-electron chi connectivity index (χ1n) is 7.41. The highest BCUT2D eigenvalue weighted by Gasteiger charge is 2.33. The van der Waals surface area contributed by atoms with Crippen LogP contribution in [0.1, 0.15) is 42.7 Å². The minimum absolute atomic E-state index is 0.0162. The number of carbonyl (C=O) groups excluding carboxylic acids is 1. The lowest BCUT2D eigenvalue weighted by molar-refractivity contribution is -0.141. The lowest BCUT2D eigenvalue weighted by atomic mass is 10.0. The van der Waals surface area contributed by atoms with Gasteiger partial charge in [-0.15, -0.1) is 0 Å². The van der Waals surface area contributed by atoms with E-state index in [9.17, 15) is 9.59 Å². The topological polar surface area (TPSA) is 92.4 Å². The Morgan fingerprint density at radius 2 is 2.05 bits per heavy atom. The molecule has 0 radical (unpaired) electrons. The number of nitrogens with zero attached hydrogens (tertiary/aromatic N) is 1. The van der Waals surface area contributed by atoms with Crippen molar-refractivity contribution < 1.29 is 19.2 Å². The normalized spacial score (nSPS) is 21.4. The van der Waals surface area contributed by atoms with Crippen molar-refractivity contribution in [3.8, 4) is 0 Å². The fourth-order valence-electron chi connectivity index (χ4n) is 2.92. The molecule has 116 valence electrons. The molecule has 2 atom stereocenters. The van der Waals surface area contributed by atoms with Crippen LogP contribution >= 0.6 is 0 Å². The fraction of sp³-hybridized carbons (Fsp3) is 0.667. The van der Waals surface area contributed by atoms with Gasteiger partial charge < -0.3 is 14.9 Å². The summed E-state index contributed by atoms with van der Waals surface area (Å²) < 4.78 is 5.10. The minimum Gasteiger partial charge on any atom is -0.481 e. The monoisotopic (exact) mass is 294 g/mol. The van der Waals surface area contributed by atoms with Gasteiger partial charge in [0.25, 0.3) is 0 Å². The molecule has 1 saturated carbocycles. The standard InChI is InChI=1S/C15H22N2O4/c1-9-13(10(2)21-17-9)4-3-7-16-14(18)11-5-6-12(8-11)15(19)20/h11-12H,3-8H2,1-2H3,(H,16,18)(H,19,20)/t11-,12+/m0/s1. The second-order valence-electron chi connectivity index (χ2n) is 5.74. The molecule has 0 bridgehead atoms. The van der Waals surface area contributed by atoms with Crippen molar-refractivity contribution in [3.05, 3.63) is 17.0 Å². The Balaban J connectivity index is 1.69. The maximum Gasteiger partial charge on any atom is 0.306 e. The van der Waals surface area contributed by atoms with Crippen LogP contribution in [0.25, 0.3) is 0 Å². The Kier molecular flexibility index (Phi) is 4.98. The summed E-state index contributed by atoms with van der Waals surface area (Å²) in [7, 11) is 0. The van der Waals surface area contributed by atoms with Gasteiger partial charge in [-0.3, -0.25) is 9.59 Å². The molecular weight excluding hydrogens is 272 g/mol.